The van der Waals surface area contributed by atoms with E-state index in [1.54, 1.807) is 20.8 Å². The molecule has 1 heterocycles. The lowest BCUT2D eigenvalue weighted by Gasteiger charge is -2.25. The first-order chi connectivity index (χ1) is 7.26. The van der Waals surface area contributed by atoms with Gasteiger partial charge in [0, 0.05) is 13.0 Å². The molecule has 1 amide bonds. The molecule has 0 aromatic heterocycles. The fourth-order valence-electron chi connectivity index (χ4n) is 1.78. The zero-order valence-electron chi connectivity index (χ0n) is 10.3. The number of nitrogens with two attached hydrogens (primary N) is 1. The van der Waals surface area contributed by atoms with E-state index >= 15 is 0 Å². The van der Waals surface area contributed by atoms with Crippen LogP contribution in [-0.2, 0) is 4.74 Å². The predicted octanol–water partition coefficient (Wildman–Crippen LogP) is 1.68. The van der Waals surface area contributed by atoms with Crippen molar-refractivity contribution in [3.05, 3.63) is 0 Å². The normalized spacial score (nSPS) is 25.9. The highest BCUT2D eigenvalue weighted by molar-refractivity contribution is 5.68. The van der Waals surface area contributed by atoms with E-state index in [2.05, 4.69) is 0 Å². The lowest BCUT2D eigenvalue weighted by Crippen LogP contribution is -2.38. The lowest BCUT2D eigenvalue weighted by molar-refractivity contribution is 0.0255. The molecule has 1 atom stereocenters. The smallest absolute Gasteiger partial charge is 0.410 e. The summed E-state index contributed by atoms with van der Waals surface area (Å²) in [5.74, 6) is 0. The Hall–Kier alpha value is -0.840. The molecule has 1 fully saturated rings. The van der Waals surface area contributed by atoms with Gasteiger partial charge in [0.2, 0.25) is 0 Å². The summed E-state index contributed by atoms with van der Waals surface area (Å²) in [6.45, 7) is 6.19. The van der Waals surface area contributed by atoms with Crippen LogP contribution in [0.3, 0.4) is 0 Å². The van der Waals surface area contributed by atoms with Crippen molar-refractivity contribution in [3.8, 4) is 0 Å². The second-order valence-electron chi connectivity index (χ2n) is 5.34. The maximum Gasteiger partial charge on any atom is 0.410 e. The molecule has 0 aromatic carbocycles. The first-order valence-corrected chi connectivity index (χ1v) is 5.63. The third-order valence-electron chi connectivity index (χ3n) is 2.55. The molecule has 1 unspecified atom stereocenters. The minimum Gasteiger partial charge on any atom is -0.444 e. The van der Waals surface area contributed by atoms with Gasteiger partial charge in [-0.3, -0.25) is 0 Å². The monoisotopic (exact) mass is 232 g/mol. The molecule has 0 saturated carbocycles. The standard InChI is InChI=1S/C11H21FN2O2/c1-10(2,3)16-9(15)14-7-5-11(12,8-14)4-6-13/h4-8,13H2,1-3H3. The molecular weight excluding hydrogens is 211 g/mol. The van der Waals surface area contributed by atoms with E-state index in [1.807, 2.05) is 0 Å². The average Bonchev–Trinajstić information content (AvgIpc) is 2.45. The number of rotatable bonds is 2. The van der Waals surface area contributed by atoms with Gasteiger partial charge < -0.3 is 15.4 Å². The SMILES string of the molecule is CC(C)(C)OC(=O)N1CCC(F)(CCN)C1. The third-order valence-corrected chi connectivity index (χ3v) is 2.55. The van der Waals surface area contributed by atoms with Crippen LogP contribution in [-0.4, -0.2) is 41.9 Å². The van der Waals surface area contributed by atoms with Crippen LogP contribution in [0, 0.1) is 0 Å². The number of nitrogens with zero attached hydrogens (tertiary/aromatic N) is 1. The van der Waals surface area contributed by atoms with E-state index in [-0.39, 0.29) is 6.54 Å². The van der Waals surface area contributed by atoms with Gasteiger partial charge in [0.15, 0.2) is 0 Å². The van der Waals surface area contributed by atoms with Crippen molar-refractivity contribution in [1.82, 2.24) is 4.90 Å². The number of carbonyl (C=O) groups excluding carboxylic acids is 1. The highest BCUT2D eigenvalue weighted by Crippen LogP contribution is 2.29. The number of alkyl halides is 1. The molecule has 0 aromatic rings. The maximum absolute atomic E-state index is 14.0. The van der Waals surface area contributed by atoms with Crippen LogP contribution >= 0.6 is 0 Å². The van der Waals surface area contributed by atoms with Crippen LogP contribution in [0.25, 0.3) is 0 Å². The Balaban J connectivity index is 2.50. The van der Waals surface area contributed by atoms with E-state index in [1.165, 1.54) is 4.90 Å². The molecule has 0 spiro atoms. The number of ether oxygens (including phenoxy) is 1. The number of hydrogen-bond donors (Lipinski definition) is 1. The van der Waals surface area contributed by atoms with Gasteiger partial charge in [-0.05, 0) is 33.7 Å². The highest BCUT2D eigenvalue weighted by atomic mass is 19.1. The first-order valence-electron chi connectivity index (χ1n) is 5.63. The minimum absolute atomic E-state index is 0.0963. The second-order valence-corrected chi connectivity index (χ2v) is 5.34. The summed E-state index contributed by atoms with van der Waals surface area (Å²) in [4.78, 5) is 13.1. The quantitative estimate of drug-likeness (QED) is 0.788. The summed E-state index contributed by atoms with van der Waals surface area (Å²) in [7, 11) is 0. The summed E-state index contributed by atoms with van der Waals surface area (Å²) in [6, 6.07) is 0. The molecule has 1 aliphatic heterocycles. The molecule has 94 valence electrons. The van der Waals surface area contributed by atoms with Crippen LogP contribution in [0.4, 0.5) is 9.18 Å². The fourth-order valence-corrected chi connectivity index (χ4v) is 1.78. The van der Waals surface area contributed by atoms with Gasteiger partial charge in [-0.2, -0.15) is 0 Å². The van der Waals surface area contributed by atoms with Crippen molar-refractivity contribution in [2.75, 3.05) is 19.6 Å². The van der Waals surface area contributed by atoms with E-state index in [4.69, 9.17) is 10.5 Å². The van der Waals surface area contributed by atoms with Gasteiger partial charge in [-0.25, -0.2) is 9.18 Å². The Morgan fingerprint density at radius 2 is 2.19 bits per heavy atom. The van der Waals surface area contributed by atoms with Crippen LogP contribution in [0.1, 0.15) is 33.6 Å². The Labute approximate surface area is 95.9 Å². The second kappa shape index (κ2) is 4.57. The number of carbonyl (C=O) groups is 1. The number of amides is 1. The van der Waals surface area contributed by atoms with E-state index in [0.29, 0.717) is 25.9 Å². The summed E-state index contributed by atoms with van der Waals surface area (Å²) in [5.41, 5.74) is 3.48. The molecule has 4 nitrogen and oxygen atoms in total. The average molecular weight is 232 g/mol. The van der Waals surface area contributed by atoms with Crippen LogP contribution < -0.4 is 5.73 Å². The number of hydrogen-bond acceptors (Lipinski definition) is 3. The summed E-state index contributed by atoms with van der Waals surface area (Å²) in [5, 5.41) is 0. The van der Waals surface area contributed by atoms with E-state index in [9.17, 15) is 9.18 Å². The Kier molecular flexibility index (Phi) is 3.78. The zero-order chi connectivity index (χ0) is 12.4. The Bertz CT molecular complexity index is 265. The molecule has 5 heteroatoms. The molecule has 0 bridgehead atoms. The molecule has 1 saturated heterocycles. The molecular formula is C11H21FN2O2. The maximum atomic E-state index is 14.0. The summed E-state index contributed by atoms with van der Waals surface area (Å²) in [6.07, 6.45) is 0.208. The Morgan fingerprint density at radius 3 is 2.69 bits per heavy atom. The van der Waals surface area contributed by atoms with Crippen molar-refractivity contribution >= 4 is 6.09 Å². The topological polar surface area (TPSA) is 55.6 Å². The van der Waals surface area contributed by atoms with Crippen molar-refractivity contribution in [1.29, 1.82) is 0 Å². The lowest BCUT2D eigenvalue weighted by atomic mass is 10.0. The molecule has 2 N–H and O–H groups in total. The van der Waals surface area contributed by atoms with Crippen molar-refractivity contribution in [2.24, 2.45) is 5.73 Å². The van der Waals surface area contributed by atoms with Crippen LogP contribution in [0.15, 0.2) is 0 Å². The van der Waals surface area contributed by atoms with Gasteiger partial charge in [0.25, 0.3) is 0 Å². The predicted molar refractivity (Wildman–Crippen MR) is 59.9 cm³/mol. The van der Waals surface area contributed by atoms with Crippen molar-refractivity contribution in [2.45, 2.75) is 44.9 Å². The largest absolute Gasteiger partial charge is 0.444 e. The summed E-state index contributed by atoms with van der Waals surface area (Å²) >= 11 is 0. The fraction of sp³-hybridized carbons (Fsp3) is 0.909. The third kappa shape index (κ3) is 3.63. The molecule has 0 aliphatic carbocycles. The van der Waals surface area contributed by atoms with Crippen LogP contribution in [0.2, 0.25) is 0 Å². The van der Waals surface area contributed by atoms with E-state index < -0.39 is 17.4 Å². The summed E-state index contributed by atoms with van der Waals surface area (Å²) < 4.78 is 19.2. The molecule has 0 radical (unpaired) electrons. The number of halogens is 1. The van der Waals surface area contributed by atoms with Gasteiger partial charge >= 0.3 is 6.09 Å². The van der Waals surface area contributed by atoms with Crippen LogP contribution in [0.5, 0.6) is 0 Å². The van der Waals surface area contributed by atoms with Gasteiger partial charge in [-0.1, -0.05) is 0 Å². The van der Waals surface area contributed by atoms with Crippen molar-refractivity contribution < 1.29 is 13.9 Å². The van der Waals surface area contributed by atoms with E-state index in [0.717, 1.165) is 0 Å². The first kappa shape index (κ1) is 13.2. The molecule has 16 heavy (non-hydrogen) atoms. The van der Waals surface area contributed by atoms with Gasteiger partial charge in [0.05, 0.1) is 6.54 Å². The number of likely N-dealkylation sites (tertiary alicyclic amines) is 1. The Morgan fingerprint density at radius 1 is 1.56 bits per heavy atom. The molecule has 1 aliphatic rings. The minimum atomic E-state index is -1.33. The van der Waals surface area contributed by atoms with Gasteiger partial charge in [-0.15, -0.1) is 0 Å². The zero-order valence-corrected chi connectivity index (χ0v) is 10.3. The van der Waals surface area contributed by atoms with Gasteiger partial charge in [0.1, 0.15) is 11.3 Å². The highest BCUT2D eigenvalue weighted by Gasteiger charge is 2.40. The molecule has 1 rings (SSSR count). The van der Waals surface area contributed by atoms with Crippen molar-refractivity contribution in [3.63, 3.8) is 0 Å².